The highest BCUT2D eigenvalue weighted by atomic mass is 35.5. The van der Waals surface area contributed by atoms with Crippen LogP contribution in [0, 0.1) is 0 Å². The Bertz CT molecular complexity index is 116. The van der Waals surface area contributed by atoms with E-state index in [0.29, 0.717) is 0 Å². The topological polar surface area (TPSA) is 49.3 Å². The van der Waals surface area contributed by atoms with Gasteiger partial charge < -0.3 is 10.4 Å². The maximum absolute atomic E-state index is 11.8. The fourth-order valence-electron chi connectivity index (χ4n) is 0.231. The van der Waals surface area contributed by atoms with Crippen molar-refractivity contribution in [3.8, 4) is 0 Å². The number of carboxylic acid groups (broad SMARTS) is 1. The Morgan fingerprint density at radius 1 is 1.80 bits per heavy atom. The Kier molecular flexibility index (Phi) is 5.51. The molecule has 0 saturated heterocycles. The molecule has 62 valence electrons. The predicted octanol–water partition coefficient (Wildman–Crippen LogP) is 0.440. The lowest BCUT2D eigenvalue weighted by Gasteiger charge is -2.18. The van der Waals surface area contributed by atoms with E-state index in [1.807, 2.05) is 0 Å². The van der Waals surface area contributed by atoms with Gasteiger partial charge in [-0.15, -0.1) is 12.4 Å². The summed E-state index contributed by atoms with van der Waals surface area (Å²) >= 11 is 0. The molecule has 10 heavy (non-hydrogen) atoms. The zero-order valence-corrected chi connectivity index (χ0v) is 6.67. The van der Waals surface area contributed by atoms with Crippen LogP contribution in [0.15, 0.2) is 0 Å². The highest BCUT2D eigenvalue weighted by Gasteiger charge is 2.30. The van der Waals surface area contributed by atoms with Gasteiger partial charge in [0.15, 0.2) is 0 Å². The van der Waals surface area contributed by atoms with Crippen LogP contribution in [0.25, 0.3) is 0 Å². The minimum Gasteiger partial charge on any atom is -0.480 e. The molecule has 0 bridgehead atoms. The normalized spacial score (nSPS) is 15.1. The smallest absolute Gasteiger partial charge is 0.326 e. The lowest BCUT2D eigenvalue weighted by atomic mass is 10.1. The van der Waals surface area contributed by atoms with Crippen LogP contribution in [0.4, 0.5) is 4.39 Å². The summed E-state index contributed by atoms with van der Waals surface area (Å²) in [6, 6.07) is 0. The number of hydrogen-bond acceptors (Lipinski definition) is 2. The molecular formula is C5H11ClFNO2. The molecule has 0 unspecified atom stereocenters. The molecule has 3 nitrogen and oxygen atoms in total. The Labute approximate surface area is 65.0 Å². The number of halogens is 2. The summed E-state index contributed by atoms with van der Waals surface area (Å²) < 4.78 is 11.8. The summed E-state index contributed by atoms with van der Waals surface area (Å²) in [5.74, 6) is -1.17. The van der Waals surface area contributed by atoms with E-state index in [2.05, 4.69) is 5.32 Å². The largest absolute Gasteiger partial charge is 0.480 e. The van der Waals surface area contributed by atoms with Gasteiger partial charge in [0, 0.05) is 0 Å². The van der Waals surface area contributed by atoms with E-state index in [0.717, 1.165) is 0 Å². The van der Waals surface area contributed by atoms with E-state index >= 15 is 0 Å². The van der Waals surface area contributed by atoms with Crippen LogP contribution in [0.5, 0.6) is 0 Å². The minimum absolute atomic E-state index is 0. The summed E-state index contributed by atoms with van der Waals surface area (Å²) in [7, 11) is 1.41. The molecule has 0 aromatic heterocycles. The third-order valence-electron chi connectivity index (χ3n) is 1.29. The van der Waals surface area contributed by atoms with Crippen molar-refractivity contribution in [2.24, 2.45) is 0 Å². The van der Waals surface area contributed by atoms with Gasteiger partial charge in [-0.1, -0.05) is 0 Å². The van der Waals surface area contributed by atoms with Gasteiger partial charge in [-0.25, -0.2) is 4.39 Å². The molecule has 0 aliphatic heterocycles. The monoisotopic (exact) mass is 171 g/mol. The summed E-state index contributed by atoms with van der Waals surface area (Å²) in [5, 5.41) is 10.7. The summed E-state index contributed by atoms with van der Waals surface area (Å²) in [6.45, 7) is 0.383. The Morgan fingerprint density at radius 2 is 2.20 bits per heavy atom. The highest BCUT2D eigenvalue weighted by molar-refractivity contribution is 5.85. The van der Waals surface area contributed by atoms with Crippen molar-refractivity contribution < 1.29 is 14.3 Å². The van der Waals surface area contributed by atoms with Crippen LogP contribution in [-0.4, -0.2) is 30.3 Å². The molecule has 0 aliphatic rings. The van der Waals surface area contributed by atoms with Crippen LogP contribution >= 0.6 is 12.4 Å². The molecule has 0 heterocycles. The number of rotatable bonds is 3. The van der Waals surface area contributed by atoms with Gasteiger partial charge in [0.05, 0.1) is 0 Å². The fraction of sp³-hybridized carbons (Fsp3) is 0.800. The molecule has 0 aromatic carbocycles. The van der Waals surface area contributed by atoms with Gasteiger partial charge in [-0.05, 0) is 14.0 Å². The van der Waals surface area contributed by atoms with Gasteiger partial charge in [0.25, 0.3) is 0 Å². The second kappa shape index (κ2) is 4.46. The van der Waals surface area contributed by atoms with Crippen molar-refractivity contribution in [2.45, 2.75) is 12.5 Å². The number of carbonyl (C=O) groups is 1. The van der Waals surface area contributed by atoms with Gasteiger partial charge in [-0.3, -0.25) is 4.79 Å². The number of aliphatic carboxylic acids is 1. The van der Waals surface area contributed by atoms with Crippen molar-refractivity contribution in [3.05, 3.63) is 0 Å². The standard InChI is InChI=1S/C5H10FNO2.ClH/c1-5(3-6,7-2)4(8)9;/h7H,3H2,1-2H3,(H,8,9);1H/t5-;/m0./s1. The molecule has 0 aliphatic carbocycles. The van der Waals surface area contributed by atoms with Crippen LogP contribution in [0.3, 0.4) is 0 Å². The number of alkyl halides is 1. The number of likely N-dealkylation sites (N-methyl/N-ethyl adjacent to an activating group) is 1. The zero-order valence-electron chi connectivity index (χ0n) is 5.85. The maximum Gasteiger partial charge on any atom is 0.326 e. The van der Waals surface area contributed by atoms with E-state index in [1.165, 1.54) is 14.0 Å². The Morgan fingerprint density at radius 3 is 2.20 bits per heavy atom. The number of nitrogens with one attached hydrogen (secondary N) is 1. The average Bonchev–Trinajstić information content (AvgIpc) is 1.86. The lowest BCUT2D eigenvalue weighted by molar-refractivity contribution is -0.144. The molecule has 2 N–H and O–H groups in total. The first kappa shape index (κ1) is 12.3. The van der Waals surface area contributed by atoms with Crippen LogP contribution in [0.2, 0.25) is 0 Å². The Hall–Kier alpha value is -0.350. The van der Waals surface area contributed by atoms with Crippen LogP contribution in [-0.2, 0) is 4.79 Å². The first-order chi connectivity index (χ1) is 4.06. The maximum atomic E-state index is 11.8. The molecule has 1 atom stereocenters. The third kappa shape index (κ3) is 2.49. The van der Waals surface area contributed by atoms with E-state index in [4.69, 9.17) is 5.11 Å². The molecule has 0 aromatic rings. The second-order valence-electron chi connectivity index (χ2n) is 2.02. The van der Waals surface area contributed by atoms with Gasteiger partial charge in [0.1, 0.15) is 12.2 Å². The van der Waals surface area contributed by atoms with Crippen LogP contribution < -0.4 is 5.32 Å². The predicted molar refractivity (Wildman–Crippen MR) is 38.3 cm³/mol. The zero-order chi connectivity index (χ0) is 7.49. The second-order valence-corrected chi connectivity index (χ2v) is 2.02. The van der Waals surface area contributed by atoms with Crippen molar-refractivity contribution in [1.29, 1.82) is 0 Å². The van der Waals surface area contributed by atoms with Crippen molar-refractivity contribution in [1.82, 2.24) is 5.32 Å². The van der Waals surface area contributed by atoms with E-state index < -0.39 is 18.2 Å². The number of hydrogen-bond donors (Lipinski definition) is 2. The molecule has 0 spiro atoms. The number of carboxylic acids is 1. The third-order valence-corrected chi connectivity index (χ3v) is 1.29. The first-order valence-corrected chi connectivity index (χ1v) is 2.55. The molecular weight excluding hydrogens is 161 g/mol. The van der Waals surface area contributed by atoms with Gasteiger partial charge in [-0.2, -0.15) is 0 Å². The molecule has 0 saturated carbocycles. The molecule has 0 fully saturated rings. The van der Waals surface area contributed by atoms with Gasteiger partial charge >= 0.3 is 5.97 Å². The van der Waals surface area contributed by atoms with Gasteiger partial charge in [0.2, 0.25) is 0 Å². The van der Waals surface area contributed by atoms with E-state index in [-0.39, 0.29) is 12.4 Å². The fourth-order valence-corrected chi connectivity index (χ4v) is 0.231. The summed E-state index contributed by atoms with van der Waals surface area (Å²) in [5.41, 5.74) is -1.42. The first-order valence-electron chi connectivity index (χ1n) is 2.55. The quantitative estimate of drug-likeness (QED) is 0.648. The van der Waals surface area contributed by atoms with E-state index in [1.54, 1.807) is 0 Å². The average molecular weight is 172 g/mol. The molecule has 0 radical (unpaired) electrons. The van der Waals surface area contributed by atoms with Crippen molar-refractivity contribution >= 4 is 18.4 Å². The Balaban J connectivity index is 0. The SMILES string of the molecule is CN[C@@](C)(CF)C(=O)O.Cl. The van der Waals surface area contributed by atoms with Crippen molar-refractivity contribution in [2.75, 3.05) is 13.7 Å². The minimum atomic E-state index is -1.42. The molecule has 0 amide bonds. The summed E-state index contributed by atoms with van der Waals surface area (Å²) in [6.07, 6.45) is 0. The van der Waals surface area contributed by atoms with E-state index in [9.17, 15) is 9.18 Å². The molecule has 5 heteroatoms. The highest BCUT2D eigenvalue weighted by Crippen LogP contribution is 2.02. The summed E-state index contributed by atoms with van der Waals surface area (Å²) in [4.78, 5) is 10.2. The lowest BCUT2D eigenvalue weighted by Crippen LogP contribution is -2.49. The van der Waals surface area contributed by atoms with Crippen LogP contribution in [0.1, 0.15) is 6.92 Å². The molecule has 0 rings (SSSR count). The van der Waals surface area contributed by atoms with Crippen molar-refractivity contribution in [3.63, 3.8) is 0 Å².